The first-order valence-corrected chi connectivity index (χ1v) is 7.13. The van der Waals surface area contributed by atoms with Crippen LogP contribution in [0.25, 0.3) is 6.08 Å². The third kappa shape index (κ3) is 3.29. The Bertz CT molecular complexity index is 594. The summed E-state index contributed by atoms with van der Waals surface area (Å²) in [7, 11) is -0.500. The summed E-state index contributed by atoms with van der Waals surface area (Å²) in [4.78, 5) is 21.6. The van der Waals surface area contributed by atoms with Crippen molar-refractivity contribution >= 4 is 31.0 Å². The molecule has 0 bridgehead atoms. The summed E-state index contributed by atoms with van der Waals surface area (Å²) >= 11 is 0. The van der Waals surface area contributed by atoms with E-state index in [0.29, 0.717) is 6.41 Å². The van der Waals surface area contributed by atoms with Gasteiger partial charge in [0, 0.05) is 6.08 Å². The molecule has 0 atom stereocenters. The molecule has 0 unspecified atom stereocenters. The van der Waals surface area contributed by atoms with Gasteiger partial charge < -0.3 is 9.31 Å². The molecule has 0 saturated carbocycles. The molecule has 1 aliphatic heterocycles. The highest BCUT2D eigenvalue weighted by Gasteiger charge is 2.52. The summed E-state index contributed by atoms with van der Waals surface area (Å²) in [6.07, 6.45) is 3.30. The minimum Gasteiger partial charge on any atom is -0.399 e. The minimum absolute atomic E-state index is 0.354. The van der Waals surface area contributed by atoms with Crippen LogP contribution in [0, 0.1) is 0 Å². The predicted molar refractivity (Wildman–Crippen MR) is 85.4 cm³/mol. The number of amides is 2. The lowest BCUT2D eigenvalue weighted by Gasteiger charge is -2.32. The van der Waals surface area contributed by atoms with Crippen molar-refractivity contribution in [3.05, 3.63) is 35.9 Å². The average molecular weight is 301 g/mol. The van der Waals surface area contributed by atoms with Gasteiger partial charge in [-0.2, -0.15) is 0 Å². The first kappa shape index (κ1) is 16.5. The minimum atomic E-state index is -0.500. The molecule has 1 aliphatic rings. The molecule has 0 spiro atoms. The molecule has 0 radical (unpaired) electrons. The SMILES string of the molecule is CC1(C)OB(c2ccccc2C=CC(=O)NC=O)OC1(C)C. The first-order chi connectivity index (χ1) is 10.3. The molecular formula is C16H20BNO4. The lowest BCUT2D eigenvalue weighted by molar-refractivity contribution is -0.121. The molecular weight excluding hydrogens is 281 g/mol. The maximum absolute atomic E-state index is 11.4. The molecule has 1 heterocycles. The van der Waals surface area contributed by atoms with Crippen LogP contribution in [-0.4, -0.2) is 30.6 Å². The molecule has 1 N–H and O–H groups in total. The number of benzene rings is 1. The third-order valence-corrected chi connectivity index (χ3v) is 4.12. The number of nitrogens with one attached hydrogen (secondary N) is 1. The lowest BCUT2D eigenvalue weighted by Crippen LogP contribution is -2.41. The summed E-state index contributed by atoms with van der Waals surface area (Å²) in [6.45, 7) is 7.96. The van der Waals surface area contributed by atoms with E-state index in [9.17, 15) is 9.59 Å². The summed E-state index contributed by atoms with van der Waals surface area (Å²) in [5.74, 6) is -0.473. The van der Waals surface area contributed by atoms with Crippen molar-refractivity contribution in [1.82, 2.24) is 5.32 Å². The molecule has 1 aromatic carbocycles. The molecule has 1 saturated heterocycles. The number of carbonyl (C=O) groups excluding carboxylic acids is 2. The van der Waals surface area contributed by atoms with Crippen LogP contribution < -0.4 is 10.8 Å². The fraction of sp³-hybridized carbons (Fsp3) is 0.375. The Morgan fingerprint density at radius 3 is 2.32 bits per heavy atom. The van der Waals surface area contributed by atoms with Crippen molar-refractivity contribution in [2.24, 2.45) is 0 Å². The van der Waals surface area contributed by atoms with Crippen molar-refractivity contribution in [3.8, 4) is 0 Å². The van der Waals surface area contributed by atoms with Crippen molar-refractivity contribution in [2.75, 3.05) is 0 Å². The molecule has 6 heteroatoms. The molecule has 5 nitrogen and oxygen atoms in total. The maximum Gasteiger partial charge on any atom is 0.495 e. The molecule has 1 fully saturated rings. The van der Waals surface area contributed by atoms with E-state index in [1.54, 1.807) is 6.08 Å². The number of carbonyl (C=O) groups is 2. The quantitative estimate of drug-likeness (QED) is 0.517. The normalized spacial score (nSPS) is 19.4. The van der Waals surface area contributed by atoms with Gasteiger partial charge in [0.15, 0.2) is 0 Å². The molecule has 116 valence electrons. The second kappa shape index (κ2) is 6.06. The van der Waals surface area contributed by atoms with Crippen LogP contribution >= 0.6 is 0 Å². The van der Waals surface area contributed by atoms with Crippen molar-refractivity contribution in [1.29, 1.82) is 0 Å². The highest BCUT2D eigenvalue weighted by Crippen LogP contribution is 2.36. The van der Waals surface area contributed by atoms with E-state index in [1.165, 1.54) is 6.08 Å². The van der Waals surface area contributed by atoms with E-state index in [1.807, 2.05) is 52.0 Å². The van der Waals surface area contributed by atoms with Crippen LogP contribution in [0.1, 0.15) is 33.3 Å². The van der Waals surface area contributed by atoms with Gasteiger partial charge in [0.05, 0.1) is 11.2 Å². The second-order valence-corrected chi connectivity index (χ2v) is 6.18. The summed E-state index contributed by atoms with van der Waals surface area (Å²) in [5, 5.41) is 2.06. The fourth-order valence-electron chi connectivity index (χ4n) is 2.12. The average Bonchev–Trinajstić information content (AvgIpc) is 2.66. The topological polar surface area (TPSA) is 64.6 Å². The van der Waals surface area contributed by atoms with Crippen molar-refractivity contribution in [3.63, 3.8) is 0 Å². The number of hydrogen-bond acceptors (Lipinski definition) is 4. The lowest BCUT2D eigenvalue weighted by atomic mass is 9.76. The third-order valence-electron chi connectivity index (χ3n) is 4.12. The zero-order valence-corrected chi connectivity index (χ0v) is 13.3. The Labute approximate surface area is 130 Å². The number of hydrogen-bond donors (Lipinski definition) is 1. The number of rotatable bonds is 4. The summed E-state index contributed by atoms with van der Waals surface area (Å²) in [6, 6.07) is 7.53. The van der Waals surface area contributed by atoms with E-state index in [4.69, 9.17) is 9.31 Å². The van der Waals surface area contributed by atoms with E-state index in [0.717, 1.165) is 11.0 Å². The second-order valence-electron chi connectivity index (χ2n) is 6.18. The molecule has 0 aliphatic carbocycles. The van der Waals surface area contributed by atoms with Gasteiger partial charge in [-0.25, -0.2) is 0 Å². The van der Waals surface area contributed by atoms with Crippen molar-refractivity contribution in [2.45, 2.75) is 38.9 Å². The van der Waals surface area contributed by atoms with Gasteiger partial charge in [-0.3, -0.25) is 14.9 Å². The van der Waals surface area contributed by atoms with Gasteiger partial charge in [-0.15, -0.1) is 0 Å². The Kier molecular flexibility index (Phi) is 4.54. The zero-order valence-electron chi connectivity index (χ0n) is 13.3. The Hall–Kier alpha value is -1.92. The molecule has 2 amide bonds. The van der Waals surface area contributed by atoms with E-state index in [2.05, 4.69) is 5.32 Å². The van der Waals surface area contributed by atoms with E-state index < -0.39 is 24.2 Å². The van der Waals surface area contributed by atoms with Crippen LogP contribution in [0.4, 0.5) is 0 Å². The van der Waals surface area contributed by atoms with Gasteiger partial charge in [0.1, 0.15) is 0 Å². The highest BCUT2D eigenvalue weighted by atomic mass is 16.7. The van der Waals surface area contributed by atoms with Gasteiger partial charge in [-0.05, 0) is 44.8 Å². The fourth-order valence-corrected chi connectivity index (χ4v) is 2.12. The zero-order chi connectivity index (χ0) is 16.4. The first-order valence-electron chi connectivity index (χ1n) is 7.13. The van der Waals surface area contributed by atoms with Crippen LogP contribution in [-0.2, 0) is 18.9 Å². The molecule has 0 aromatic heterocycles. The van der Waals surface area contributed by atoms with Crippen LogP contribution in [0.15, 0.2) is 30.3 Å². The van der Waals surface area contributed by atoms with E-state index >= 15 is 0 Å². The summed E-state index contributed by atoms with van der Waals surface area (Å²) in [5.41, 5.74) is 0.797. The molecule has 1 aromatic rings. The van der Waals surface area contributed by atoms with Gasteiger partial charge in [0.25, 0.3) is 0 Å². The van der Waals surface area contributed by atoms with Crippen LogP contribution in [0.5, 0.6) is 0 Å². The van der Waals surface area contributed by atoms with Gasteiger partial charge >= 0.3 is 7.12 Å². The van der Waals surface area contributed by atoms with Crippen LogP contribution in [0.2, 0.25) is 0 Å². The molecule has 2 rings (SSSR count). The van der Waals surface area contributed by atoms with Gasteiger partial charge in [-0.1, -0.05) is 24.3 Å². The predicted octanol–water partition coefficient (Wildman–Crippen LogP) is 1.27. The summed E-state index contributed by atoms with van der Waals surface area (Å²) < 4.78 is 12.1. The van der Waals surface area contributed by atoms with E-state index in [-0.39, 0.29) is 0 Å². The van der Waals surface area contributed by atoms with Gasteiger partial charge in [0.2, 0.25) is 12.3 Å². The Morgan fingerprint density at radius 2 is 1.73 bits per heavy atom. The maximum atomic E-state index is 11.4. The Balaban J connectivity index is 2.27. The standard InChI is InChI=1S/C16H20BNO4/c1-15(2)16(3,4)22-17(21-15)13-8-6-5-7-12(13)9-10-14(20)18-11-19/h5-11H,1-4H3,(H,18,19,20). The van der Waals surface area contributed by atoms with Crippen molar-refractivity contribution < 1.29 is 18.9 Å². The Morgan fingerprint density at radius 1 is 1.14 bits per heavy atom. The number of imide groups is 1. The molecule has 22 heavy (non-hydrogen) atoms. The smallest absolute Gasteiger partial charge is 0.399 e. The monoisotopic (exact) mass is 301 g/mol. The highest BCUT2D eigenvalue weighted by molar-refractivity contribution is 6.63. The largest absolute Gasteiger partial charge is 0.495 e. The van der Waals surface area contributed by atoms with Crippen LogP contribution in [0.3, 0.4) is 0 Å².